The molecule has 1 fully saturated rings. The molecule has 2 rings (SSSR count). The highest BCUT2D eigenvalue weighted by Gasteiger charge is 2.46. The molecule has 1 aliphatic rings. The van der Waals surface area contributed by atoms with Crippen LogP contribution in [0.5, 0.6) is 5.88 Å². The molecule has 0 bridgehead atoms. The SMILES string of the molecule is CCOP(=O)(COC1OC(n2ccc(O)nc2=O)C(O)C1O)OCC. The van der Waals surface area contributed by atoms with Gasteiger partial charge < -0.3 is 33.8 Å². The van der Waals surface area contributed by atoms with Gasteiger partial charge in [-0.2, -0.15) is 4.98 Å². The van der Waals surface area contributed by atoms with Gasteiger partial charge in [0.05, 0.1) is 13.2 Å². The summed E-state index contributed by atoms with van der Waals surface area (Å²) in [5.41, 5.74) is -0.883. The normalized spacial score (nSPS) is 26.9. The fourth-order valence-electron chi connectivity index (χ4n) is 2.26. The van der Waals surface area contributed by atoms with Crippen molar-refractivity contribution in [2.75, 3.05) is 19.6 Å². The van der Waals surface area contributed by atoms with Crippen molar-refractivity contribution in [3.05, 3.63) is 22.7 Å². The van der Waals surface area contributed by atoms with Crippen LogP contribution < -0.4 is 5.69 Å². The summed E-state index contributed by atoms with van der Waals surface area (Å²) in [5, 5.41) is 29.3. The van der Waals surface area contributed by atoms with Gasteiger partial charge in [0, 0.05) is 12.3 Å². The highest BCUT2D eigenvalue weighted by molar-refractivity contribution is 7.53. The first-order chi connectivity index (χ1) is 11.8. The van der Waals surface area contributed by atoms with Crippen molar-refractivity contribution in [2.24, 2.45) is 0 Å². The Labute approximate surface area is 143 Å². The second-order valence-electron chi connectivity index (χ2n) is 5.09. The molecule has 1 aliphatic heterocycles. The monoisotopic (exact) mass is 380 g/mol. The topological polar surface area (TPSA) is 150 Å². The number of rotatable bonds is 8. The van der Waals surface area contributed by atoms with Crippen LogP contribution in [0.15, 0.2) is 17.1 Å². The minimum atomic E-state index is -3.53. The van der Waals surface area contributed by atoms with Gasteiger partial charge in [0.1, 0.15) is 12.2 Å². The third kappa shape index (κ3) is 4.64. The Bertz CT molecular complexity index is 672. The minimum absolute atomic E-state index is 0.133. The van der Waals surface area contributed by atoms with Crippen molar-refractivity contribution >= 4 is 7.60 Å². The van der Waals surface area contributed by atoms with Gasteiger partial charge >= 0.3 is 13.3 Å². The molecule has 1 aromatic heterocycles. The molecule has 0 amide bonds. The van der Waals surface area contributed by atoms with E-state index in [-0.39, 0.29) is 13.2 Å². The molecule has 1 aromatic rings. The summed E-state index contributed by atoms with van der Waals surface area (Å²) < 4.78 is 33.9. The quantitative estimate of drug-likeness (QED) is 0.516. The zero-order valence-electron chi connectivity index (χ0n) is 13.7. The van der Waals surface area contributed by atoms with E-state index in [1.807, 2.05) is 0 Å². The molecule has 25 heavy (non-hydrogen) atoms. The highest BCUT2D eigenvalue weighted by atomic mass is 31.2. The van der Waals surface area contributed by atoms with Crippen LogP contribution in [0.2, 0.25) is 0 Å². The second-order valence-corrected chi connectivity index (χ2v) is 7.09. The molecule has 0 radical (unpaired) electrons. The predicted molar refractivity (Wildman–Crippen MR) is 82.9 cm³/mol. The standard InChI is InChI=1S/C13H21N2O9P/c1-3-22-25(20,23-4-2)7-21-12-10(18)9(17)11(24-12)15-6-5-8(16)14-13(15)19/h5-6,9-12,17-18H,3-4,7H2,1-2H3,(H,14,16,19). The summed E-state index contributed by atoms with van der Waals surface area (Å²) in [7, 11) is -3.53. The van der Waals surface area contributed by atoms with E-state index in [4.69, 9.17) is 23.6 Å². The molecule has 2 heterocycles. The summed E-state index contributed by atoms with van der Waals surface area (Å²) >= 11 is 0. The highest BCUT2D eigenvalue weighted by Crippen LogP contribution is 2.48. The summed E-state index contributed by atoms with van der Waals surface area (Å²) in [6.45, 7) is 3.54. The van der Waals surface area contributed by atoms with E-state index >= 15 is 0 Å². The lowest BCUT2D eigenvalue weighted by molar-refractivity contribution is -0.169. The Balaban J connectivity index is 2.09. The molecule has 12 heteroatoms. The van der Waals surface area contributed by atoms with Crippen LogP contribution in [-0.4, -0.2) is 62.9 Å². The van der Waals surface area contributed by atoms with Crippen LogP contribution in [0.25, 0.3) is 0 Å². The van der Waals surface area contributed by atoms with Gasteiger partial charge in [0.2, 0.25) is 5.88 Å². The number of aliphatic hydroxyl groups excluding tert-OH is 2. The molecule has 0 saturated carbocycles. The Kier molecular flexibility index (Phi) is 6.69. The maximum Gasteiger partial charge on any atom is 0.356 e. The first-order valence-corrected chi connectivity index (χ1v) is 9.33. The molecule has 11 nitrogen and oxygen atoms in total. The lowest BCUT2D eigenvalue weighted by atomic mass is 10.2. The van der Waals surface area contributed by atoms with Crippen molar-refractivity contribution in [2.45, 2.75) is 38.6 Å². The van der Waals surface area contributed by atoms with E-state index in [1.54, 1.807) is 13.8 Å². The number of hydrogen-bond donors (Lipinski definition) is 3. The van der Waals surface area contributed by atoms with Crippen LogP contribution in [-0.2, 0) is 23.1 Å². The van der Waals surface area contributed by atoms with E-state index < -0.39 is 50.2 Å². The molecule has 0 aliphatic carbocycles. The lowest BCUT2D eigenvalue weighted by Gasteiger charge is -2.20. The van der Waals surface area contributed by atoms with Gasteiger partial charge in [0.25, 0.3) is 0 Å². The average Bonchev–Trinajstić information content (AvgIpc) is 2.82. The van der Waals surface area contributed by atoms with Crippen LogP contribution in [0, 0.1) is 0 Å². The van der Waals surface area contributed by atoms with Crippen molar-refractivity contribution in [1.29, 1.82) is 0 Å². The first-order valence-electron chi connectivity index (χ1n) is 7.60. The summed E-state index contributed by atoms with van der Waals surface area (Å²) in [5.74, 6) is -0.489. The molecule has 4 atom stereocenters. The molecular weight excluding hydrogens is 359 g/mol. The van der Waals surface area contributed by atoms with Gasteiger partial charge in [-0.3, -0.25) is 9.13 Å². The molecule has 142 valence electrons. The Morgan fingerprint density at radius 1 is 1.28 bits per heavy atom. The number of ether oxygens (including phenoxy) is 2. The maximum absolute atomic E-state index is 12.3. The molecule has 3 N–H and O–H groups in total. The van der Waals surface area contributed by atoms with Gasteiger partial charge in [-0.15, -0.1) is 0 Å². The fraction of sp³-hybridized carbons (Fsp3) is 0.692. The average molecular weight is 380 g/mol. The third-order valence-corrected chi connectivity index (χ3v) is 5.10. The predicted octanol–water partition coefficient (Wildman–Crippen LogP) is -0.234. The zero-order chi connectivity index (χ0) is 18.6. The number of aromatic nitrogens is 2. The van der Waals surface area contributed by atoms with E-state index in [0.29, 0.717) is 0 Å². The molecule has 0 spiro atoms. The van der Waals surface area contributed by atoms with Crippen molar-refractivity contribution in [3.8, 4) is 5.88 Å². The minimum Gasteiger partial charge on any atom is -0.493 e. The molecule has 1 saturated heterocycles. The lowest BCUT2D eigenvalue weighted by Crippen LogP contribution is -2.35. The van der Waals surface area contributed by atoms with Gasteiger partial charge in [0.15, 0.2) is 18.9 Å². The van der Waals surface area contributed by atoms with Crippen LogP contribution in [0.4, 0.5) is 0 Å². The van der Waals surface area contributed by atoms with Crippen molar-refractivity contribution in [1.82, 2.24) is 9.55 Å². The van der Waals surface area contributed by atoms with E-state index in [0.717, 1.165) is 16.8 Å². The Hall–Kier alpha value is -1.33. The van der Waals surface area contributed by atoms with Crippen LogP contribution in [0.3, 0.4) is 0 Å². The number of nitrogens with zero attached hydrogens (tertiary/aromatic N) is 2. The second kappa shape index (κ2) is 8.37. The number of aliphatic hydroxyl groups is 2. The van der Waals surface area contributed by atoms with Crippen LogP contribution in [0.1, 0.15) is 20.1 Å². The molecule has 0 aromatic carbocycles. The first kappa shape index (κ1) is 20.0. The van der Waals surface area contributed by atoms with Crippen molar-refractivity contribution in [3.63, 3.8) is 0 Å². The van der Waals surface area contributed by atoms with Gasteiger partial charge in [-0.1, -0.05) is 0 Å². The van der Waals surface area contributed by atoms with E-state index in [1.165, 1.54) is 0 Å². The van der Waals surface area contributed by atoms with Crippen LogP contribution >= 0.6 is 7.60 Å². The molecular formula is C13H21N2O9P. The van der Waals surface area contributed by atoms with Crippen molar-refractivity contribution < 1.29 is 38.4 Å². The maximum atomic E-state index is 12.3. The van der Waals surface area contributed by atoms with Gasteiger partial charge in [-0.25, -0.2) is 4.79 Å². The Morgan fingerprint density at radius 2 is 1.92 bits per heavy atom. The largest absolute Gasteiger partial charge is 0.493 e. The third-order valence-electron chi connectivity index (χ3n) is 3.33. The van der Waals surface area contributed by atoms with E-state index in [2.05, 4.69) is 4.98 Å². The summed E-state index contributed by atoms with van der Waals surface area (Å²) in [4.78, 5) is 15.1. The zero-order valence-corrected chi connectivity index (χ0v) is 14.6. The number of aromatic hydroxyl groups is 1. The summed E-state index contributed by atoms with van der Waals surface area (Å²) in [6.07, 6.45) is -5.03. The number of hydrogen-bond acceptors (Lipinski definition) is 10. The fourth-order valence-corrected chi connectivity index (χ4v) is 3.60. The summed E-state index contributed by atoms with van der Waals surface area (Å²) in [6, 6.07) is 1.12. The Morgan fingerprint density at radius 3 is 2.48 bits per heavy atom. The molecule has 4 unspecified atom stereocenters. The van der Waals surface area contributed by atoms with Gasteiger partial charge in [-0.05, 0) is 13.8 Å². The smallest absolute Gasteiger partial charge is 0.356 e. The van der Waals surface area contributed by atoms with E-state index in [9.17, 15) is 19.6 Å².